The van der Waals surface area contributed by atoms with E-state index in [4.69, 9.17) is 10.4 Å². The molecule has 0 saturated carbocycles. The third-order valence-electron chi connectivity index (χ3n) is 4.68. The molecule has 0 saturated heterocycles. The van der Waals surface area contributed by atoms with Crippen molar-refractivity contribution in [2.45, 2.75) is 39.5 Å². The zero-order chi connectivity index (χ0) is 23.2. The highest BCUT2D eigenvalue weighted by Crippen LogP contribution is 2.24. The second-order valence-electron chi connectivity index (χ2n) is 7.84. The SMILES string of the molecule is CC(C)CN=C(NC#N)NCCc1ccc(/C(=C/CCCC(=O)O)c2cccnc2)cc1. The van der Waals surface area contributed by atoms with Crippen molar-refractivity contribution in [1.82, 2.24) is 15.6 Å². The first kappa shape index (κ1) is 24.6. The fraction of sp³-hybridized carbons (Fsp3) is 0.360. The van der Waals surface area contributed by atoms with Crippen molar-refractivity contribution in [3.8, 4) is 6.19 Å². The molecule has 7 nitrogen and oxygen atoms in total. The minimum absolute atomic E-state index is 0.159. The van der Waals surface area contributed by atoms with E-state index in [1.165, 1.54) is 0 Å². The second-order valence-corrected chi connectivity index (χ2v) is 7.84. The Morgan fingerprint density at radius 2 is 2.03 bits per heavy atom. The molecule has 7 heteroatoms. The number of aromatic nitrogens is 1. The van der Waals surface area contributed by atoms with Gasteiger partial charge in [-0.05, 0) is 47.9 Å². The van der Waals surface area contributed by atoms with Gasteiger partial charge in [0.25, 0.3) is 0 Å². The number of nitriles is 1. The molecule has 0 atom stereocenters. The number of nitrogens with zero attached hydrogens (tertiary/aromatic N) is 3. The van der Waals surface area contributed by atoms with E-state index in [1.807, 2.05) is 24.5 Å². The van der Waals surface area contributed by atoms with E-state index in [0.717, 1.165) is 28.7 Å². The number of rotatable bonds is 11. The van der Waals surface area contributed by atoms with E-state index in [1.54, 1.807) is 6.20 Å². The number of nitrogens with one attached hydrogen (secondary N) is 2. The number of aliphatic imine (C=N–C) groups is 1. The number of carbonyl (C=O) groups is 1. The first-order valence-corrected chi connectivity index (χ1v) is 10.8. The Kier molecular flexibility index (Phi) is 10.5. The van der Waals surface area contributed by atoms with Crippen molar-refractivity contribution >= 4 is 17.5 Å². The van der Waals surface area contributed by atoms with Crippen LogP contribution in [-0.4, -0.2) is 35.1 Å². The van der Waals surface area contributed by atoms with Gasteiger partial charge >= 0.3 is 5.97 Å². The highest BCUT2D eigenvalue weighted by atomic mass is 16.4. The van der Waals surface area contributed by atoms with Gasteiger partial charge < -0.3 is 10.4 Å². The minimum Gasteiger partial charge on any atom is -0.481 e. The lowest BCUT2D eigenvalue weighted by molar-refractivity contribution is -0.137. The molecule has 0 fully saturated rings. The predicted octanol–water partition coefficient (Wildman–Crippen LogP) is 3.98. The molecule has 0 unspecified atom stereocenters. The van der Waals surface area contributed by atoms with Crippen LogP contribution < -0.4 is 10.6 Å². The summed E-state index contributed by atoms with van der Waals surface area (Å²) >= 11 is 0. The van der Waals surface area contributed by atoms with Crippen LogP contribution in [0.15, 0.2) is 59.9 Å². The largest absolute Gasteiger partial charge is 0.481 e. The summed E-state index contributed by atoms with van der Waals surface area (Å²) in [7, 11) is 0. The number of pyridine rings is 1. The number of hydrogen-bond acceptors (Lipinski definition) is 4. The summed E-state index contributed by atoms with van der Waals surface area (Å²) in [6.07, 6.45) is 9.79. The van der Waals surface area contributed by atoms with Crippen molar-refractivity contribution < 1.29 is 9.90 Å². The van der Waals surface area contributed by atoms with Crippen molar-refractivity contribution in [3.05, 3.63) is 71.6 Å². The average Bonchev–Trinajstić information content (AvgIpc) is 2.78. The Labute approximate surface area is 189 Å². The van der Waals surface area contributed by atoms with Crippen LogP contribution in [0.5, 0.6) is 0 Å². The number of benzene rings is 1. The normalized spacial score (nSPS) is 11.8. The fourth-order valence-corrected chi connectivity index (χ4v) is 3.07. The Hall–Kier alpha value is -3.66. The van der Waals surface area contributed by atoms with Crippen LogP contribution in [0.25, 0.3) is 5.57 Å². The maximum absolute atomic E-state index is 10.8. The molecule has 0 radical (unpaired) electrons. The van der Waals surface area contributed by atoms with E-state index in [-0.39, 0.29) is 6.42 Å². The number of aliphatic carboxylic acids is 1. The van der Waals surface area contributed by atoms with Crippen molar-refractivity contribution in [1.29, 1.82) is 5.26 Å². The Morgan fingerprint density at radius 3 is 2.66 bits per heavy atom. The molecular formula is C25H31N5O2. The van der Waals surface area contributed by atoms with Crippen LogP contribution in [0, 0.1) is 17.4 Å². The molecule has 0 aliphatic heterocycles. The summed E-state index contributed by atoms with van der Waals surface area (Å²) in [6, 6.07) is 12.2. The third-order valence-corrected chi connectivity index (χ3v) is 4.68. The molecule has 2 aromatic rings. The first-order chi connectivity index (χ1) is 15.5. The number of unbranched alkanes of at least 4 members (excludes halogenated alkanes) is 1. The summed E-state index contributed by atoms with van der Waals surface area (Å²) in [5.41, 5.74) is 4.29. The van der Waals surface area contributed by atoms with Crippen LogP contribution >= 0.6 is 0 Å². The van der Waals surface area contributed by atoms with Gasteiger partial charge in [-0.3, -0.25) is 20.1 Å². The lowest BCUT2D eigenvalue weighted by atomic mass is 9.96. The lowest BCUT2D eigenvalue weighted by Crippen LogP contribution is -2.36. The maximum atomic E-state index is 10.8. The quantitative estimate of drug-likeness (QED) is 0.163. The summed E-state index contributed by atoms with van der Waals surface area (Å²) in [5, 5.41) is 23.5. The van der Waals surface area contributed by atoms with Gasteiger partial charge in [-0.1, -0.05) is 50.3 Å². The third kappa shape index (κ3) is 9.00. The summed E-state index contributed by atoms with van der Waals surface area (Å²) in [5.74, 6) is 0.147. The first-order valence-electron chi connectivity index (χ1n) is 10.8. The predicted molar refractivity (Wildman–Crippen MR) is 127 cm³/mol. The molecule has 32 heavy (non-hydrogen) atoms. The van der Waals surface area contributed by atoms with Gasteiger partial charge in [0.1, 0.15) is 0 Å². The summed E-state index contributed by atoms with van der Waals surface area (Å²) in [4.78, 5) is 19.4. The van der Waals surface area contributed by atoms with Gasteiger partial charge in [0, 0.05) is 37.5 Å². The van der Waals surface area contributed by atoms with E-state index in [9.17, 15) is 4.79 Å². The highest BCUT2D eigenvalue weighted by molar-refractivity contribution is 5.81. The maximum Gasteiger partial charge on any atom is 0.303 e. The van der Waals surface area contributed by atoms with E-state index >= 15 is 0 Å². The molecule has 0 aliphatic rings. The lowest BCUT2D eigenvalue weighted by Gasteiger charge is -2.11. The monoisotopic (exact) mass is 433 g/mol. The van der Waals surface area contributed by atoms with Crippen LogP contribution in [-0.2, 0) is 11.2 Å². The average molecular weight is 434 g/mol. The van der Waals surface area contributed by atoms with Crippen molar-refractivity contribution in [2.75, 3.05) is 13.1 Å². The van der Waals surface area contributed by atoms with Crippen molar-refractivity contribution in [2.24, 2.45) is 10.9 Å². The number of carboxylic acid groups (broad SMARTS) is 1. The standard InChI is InChI=1S/C25H31N5O2/c1-19(2)16-29-25(30-18-26)28-15-13-20-9-11-21(12-10-20)23(7-3-4-8-24(31)32)22-6-5-14-27-17-22/h5-7,9-12,14,17,19H,3-4,8,13,15-16H2,1-2H3,(H,31,32)(H2,28,29,30)/b23-7-. The number of allylic oxidation sites excluding steroid dienone is 1. The zero-order valence-electron chi connectivity index (χ0n) is 18.7. The Bertz CT molecular complexity index is 945. The topological polar surface area (TPSA) is 110 Å². The molecule has 0 aliphatic carbocycles. The molecule has 1 heterocycles. The van der Waals surface area contributed by atoms with Gasteiger partial charge in [0.05, 0.1) is 0 Å². The van der Waals surface area contributed by atoms with E-state index in [2.05, 4.69) is 64.8 Å². The zero-order valence-corrected chi connectivity index (χ0v) is 18.7. The van der Waals surface area contributed by atoms with Gasteiger partial charge in [-0.15, -0.1) is 0 Å². The smallest absolute Gasteiger partial charge is 0.303 e. The molecule has 1 aromatic heterocycles. The summed E-state index contributed by atoms with van der Waals surface area (Å²) < 4.78 is 0. The number of carboxylic acids is 1. The molecule has 0 spiro atoms. The van der Waals surface area contributed by atoms with Crippen molar-refractivity contribution in [3.63, 3.8) is 0 Å². The molecule has 0 amide bonds. The molecular weight excluding hydrogens is 402 g/mol. The number of guanidine groups is 1. The Morgan fingerprint density at radius 1 is 1.25 bits per heavy atom. The van der Waals surface area contributed by atoms with Crippen LogP contribution in [0.2, 0.25) is 0 Å². The van der Waals surface area contributed by atoms with Gasteiger partial charge in [0.2, 0.25) is 5.96 Å². The Balaban J connectivity index is 2.04. The highest BCUT2D eigenvalue weighted by Gasteiger charge is 2.06. The number of hydrogen-bond donors (Lipinski definition) is 3. The van der Waals surface area contributed by atoms with Gasteiger partial charge in [-0.2, -0.15) is 5.26 Å². The fourth-order valence-electron chi connectivity index (χ4n) is 3.07. The molecule has 2 rings (SSSR count). The van der Waals surface area contributed by atoms with Crippen LogP contribution in [0.1, 0.15) is 49.8 Å². The summed E-state index contributed by atoms with van der Waals surface area (Å²) in [6.45, 7) is 5.47. The second kappa shape index (κ2) is 13.6. The van der Waals surface area contributed by atoms with Crippen LogP contribution in [0.3, 0.4) is 0 Å². The molecule has 168 valence electrons. The molecule has 3 N–H and O–H groups in total. The van der Waals surface area contributed by atoms with Crippen LogP contribution in [0.4, 0.5) is 0 Å². The van der Waals surface area contributed by atoms with Gasteiger partial charge in [-0.25, -0.2) is 0 Å². The van der Waals surface area contributed by atoms with Gasteiger partial charge in [0.15, 0.2) is 6.19 Å². The van der Waals surface area contributed by atoms with E-state index < -0.39 is 5.97 Å². The minimum atomic E-state index is -0.776. The van der Waals surface area contributed by atoms with E-state index in [0.29, 0.717) is 37.8 Å². The molecule has 0 bridgehead atoms. The molecule has 1 aromatic carbocycles.